The van der Waals surface area contributed by atoms with Crippen LogP contribution in [0.15, 0.2) is 30.3 Å². The van der Waals surface area contributed by atoms with Crippen LogP contribution in [0, 0.1) is 5.92 Å². The van der Waals surface area contributed by atoms with Crippen molar-refractivity contribution in [1.29, 1.82) is 0 Å². The summed E-state index contributed by atoms with van der Waals surface area (Å²) in [5.41, 5.74) is 6.63. The second-order valence-corrected chi connectivity index (χ2v) is 6.15. The number of nitrogens with zero attached hydrogens (tertiary/aromatic N) is 1. The fourth-order valence-electron chi connectivity index (χ4n) is 2.17. The molecule has 0 aromatic heterocycles. The van der Waals surface area contributed by atoms with Crippen LogP contribution in [0.1, 0.15) is 38.7 Å². The number of nitrogens with one attached hydrogen (secondary N) is 1. The van der Waals surface area contributed by atoms with Gasteiger partial charge in [0.05, 0.1) is 6.54 Å². The van der Waals surface area contributed by atoms with E-state index in [1.807, 2.05) is 30.3 Å². The molecule has 0 saturated heterocycles. The predicted molar refractivity (Wildman–Crippen MR) is 92.6 cm³/mol. The van der Waals surface area contributed by atoms with Gasteiger partial charge in [0.25, 0.3) is 0 Å². The first-order valence-electron chi connectivity index (χ1n) is 8.31. The summed E-state index contributed by atoms with van der Waals surface area (Å²) >= 11 is 0. The summed E-state index contributed by atoms with van der Waals surface area (Å²) in [7, 11) is 0. The molecule has 1 aromatic carbocycles. The molecule has 0 unspecified atom stereocenters. The molecule has 2 amide bonds. The zero-order valence-corrected chi connectivity index (χ0v) is 14.3. The maximum atomic E-state index is 12.4. The fraction of sp³-hybridized carbons (Fsp3) is 0.556. The number of amides is 2. The molecule has 1 aromatic rings. The molecule has 0 saturated carbocycles. The summed E-state index contributed by atoms with van der Waals surface area (Å²) < 4.78 is 0. The lowest BCUT2D eigenvalue weighted by Gasteiger charge is -2.23. The summed E-state index contributed by atoms with van der Waals surface area (Å²) in [5.74, 6) is 0.348. The SMILES string of the molecule is CC(C)CCC(=O)NCC(=O)N(CCCN)Cc1ccccc1. The van der Waals surface area contributed by atoms with Gasteiger partial charge in [0.1, 0.15) is 0 Å². The van der Waals surface area contributed by atoms with Gasteiger partial charge in [-0.05, 0) is 30.9 Å². The molecule has 0 radical (unpaired) electrons. The molecular weight excluding hydrogens is 290 g/mol. The van der Waals surface area contributed by atoms with Gasteiger partial charge in [-0.25, -0.2) is 0 Å². The topological polar surface area (TPSA) is 75.4 Å². The summed E-state index contributed by atoms with van der Waals surface area (Å²) in [6, 6.07) is 9.83. The summed E-state index contributed by atoms with van der Waals surface area (Å²) in [5, 5.41) is 2.72. The number of hydrogen-bond donors (Lipinski definition) is 2. The minimum absolute atomic E-state index is 0.0499. The minimum atomic E-state index is -0.0693. The van der Waals surface area contributed by atoms with Crippen molar-refractivity contribution in [3.63, 3.8) is 0 Å². The molecule has 0 atom stereocenters. The van der Waals surface area contributed by atoms with E-state index in [1.165, 1.54) is 0 Å². The molecule has 1 rings (SSSR count). The first kappa shape index (κ1) is 19.2. The Kier molecular flexibility index (Phi) is 8.98. The number of carbonyl (C=O) groups is 2. The van der Waals surface area contributed by atoms with Gasteiger partial charge >= 0.3 is 0 Å². The number of hydrogen-bond acceptors (Lipinski definition) is 3. The van der Waals surface area contributed by atoms with E-state index in [-0.39, 0.29) is 18.4 Å². The molecule has 0 heterocycles. The van der Waals surface area contributed by atoms with E-state index in [1.54, 1.807) is 4.90 Å². The number of rotatable bonds is 10. The Bertz CT molecular complexity index is 474. The average Bonchev–Trinajstić information content (AvgIpc) is 2.55. The fourth-order valence-corrected chi connectivity index (χ4v) is 2.17. The van der Waals surface area contributed by atoms with Crippen LogP contribution in [0.4, 0.5) is 0 Å². The van der Waals surface area contributed by atoms with Crippen molar-refractivity contribution in [2.75, 3.05) is 19.6 Å². The molecule has 0 spiro atoms. The molecule has 5 nitrogen and oxygen atoms in total. The van der Waals surface area contributed by atoms with Gasteiger partial charge in [-0.3, -0.25) is 9.59 Å². The lowest BCUT2D eigenvalue weighted by molar-refractivity contribution is -0.133. The third kappa shape index (κ3) is 8.35. The van der Waals surface area contributed by atoms with E-state index in [9.17, 15) is 9.59 Å². The second-order valence-electron chi connectivity index (χ2n) is 6.15. The maximum absolute atomic E-state index is 12.4. The van der Waals surface area contributed by atoms with Crippen LogP contribution >= 0.6 is 0 Å². The molecule has 5 heteroatoms. The Labute approximate surface area is 139 Å². The second kappa shape index (κ2) is 10.8. The molecule has 0 aliphatic heterocycles. The molecular formula is C18H29N3O2. The molecule has 128 valence electrons. The number of carbonyl (C=O) groups excluding carboxylic acids is 2. The first-order valence-corrected chi connectivity index (χ1v) is 8.31. The molecule has 0 bridgehead atoms. The zero-order chi connectivity index (χ0) is 17.1. The third-order valence-electron chi connectivity index (χ3n) is 3.59. The Morgan fingerprint density at radius 2 is 1.91 bits per heavy atom. The quantitative estimate of drug-likeness (QED) is 0.692. The highest BCUT2D eigenvalue weighted by atomic mass is 16.2. The molecule has 0 fully saturated rings. The van der Waals surface area contributed by atoms with Crippen LogP contribution in [0.25, 0.3) is 0 Å². The maximum Gasteiger partial charge on any atom is 0.242 e. The Hall–Kier alpha value is -1.88. The van der Waals surface area contributed by atoms with Crippen molar-refractivity contribution in [2.24, 2.45) is 11.7 Å². The monoisotopic (exact) mass is 319 g/mol. The normalized spacial score (nSPS) is 10.6. The smallest absolute Gasteiger partial charge is 0.242 e. The van der Waals surface area contributed by atoms with Crippen molar-refractivity contribution in [3.05, 3.63) is 35.9 Å². The molecule has 0 aliphatic carbocycles. The van der Waals surface area contributed by atoms with Crippen molar-refractivity contribution >= 4 is 11.8 Å². The van der Waals surface area contributed by atoms with Gasteiger partial charge in [0.2, 0.25) is 11.8 Å². The number of nitrogens with two attached hydrogens (primary N) is 1. The van der Waals surface area contributed by atoms with E-state index < -0.39 is 0 Å². The van der Waals surface area contributed by atoms with Gasteiger partial charge in [-0.2, -0.15) is 0 Å². The summed E-state index contributed by atoms with van der Waals surface area (Å²) in [6.45, 7) is 5.89. The van der Waals surface area contributed by atoms with Gasteiger partial charge < -0.3 is 16.0 Å². The number of benzene rings is 1. The third-order valence-corrected chi connectivity index (χ3v) is 3.59. The highest BCUT2D eigenvalue weighted by Gasteiger charge is 2.14. The van der Waals surface area contributed by atoms with Crippen molar-refractivity contribution in [2.45, 2.75) is 39.7 Å². The van der Waals surface area contributed by atoms with E-state index in [0.717, 1.165) is 18.4 Å². The van der Waals surface area contributed by atoms with Gasteiger partial charge in [-0.15, -0.1) is 0 Å². The van der Waals surface area contributed by atoms with Gasteiger partial charge in [0, 0.05) is 19.5 Å². The minimum Gasteiger partial charge on any atom is -0.347 e. The van der Waals surface area contributed by atoms with Crippen LogP contribution in [0.2, 0.25) is 0 Å². The van der Waals surface area contributed by atoms with Crippen LogP contribution in [0.3, 0.4) is 0 Å². The van der Waals surface area contributed by atoms with E-state index in [4.69, 9.17) is 5.73 Å². The van der Waals surface area contributed by atoms with Crippen LogP contribution in [0.5, 0.6) is 0 Å². The van der Waals surface area contributed by atoms with Crippen LogP contribution in [-0.2, 0) is 16.1 Å². The predicted octanol–water partition coefficient (Wildman–Crippen LogP) is 1.92. The largest absolute Gasteiger partial charge is 0.347 e. The average molecular weight is 319 g/mol. The van der Waals surface area contributed by atoms with Gasteiger partial charge in [-0.1, -0.05) is 44.2 Å². The first-order chi connectivity index (χ1) is 11.0. The summed E-state index contributed by atoms with van der Waals surface area (Å²) in [4.78, 5) is 25.9. The highest BCUT2D eigenvalue weighted by Crippen LogP contribution is 2.06. The molecule has 3 N–H and O–H groups in total. The Morgan fingerprint density at radius 1 is 1.22 bits per heavy atom. The molecule has 23 heavy (non-hydrogen) atoms. The Balaban J connectivity index is 2.49. The van der Waals surface area contributed by atoms with E-state index in [2.05, 4.69) is 19.2 Å². The lowest BCUT2D eigenvalue weighted by Crippen LogP contribution is -2.40. The van der Waals surface area contributed by atoms with Crippen molar-refractivity contribution < 1.29 is 9.59 Å². The van der Waals surface area contributed by atoms with Crippen LogP contribution < -0.4 is 11.1 Å². The lowest BCUT2D eigenvalue weighted by atomic mass is 10.1. The Morgan fingerprint density at radius 3 is 2.52 bits per heavy atom. The van der Waals surface area contributed by atoms with E-state index in [0.29, 0.717) is 32.0 Å². The standard InChI is InChI=1S/C18H29N3O2/c1-15(2)9-10-17(22)20-13-18(23)21(12-6-11-19)14-16-7-4-3-5-8-16/h3-5,7-8,15H,6,9-14,19H2,1-2H3,(H,20,22). The highest BCUT2D eigenvalue weighted by molar-refractivity contribution is 5.84. The van der Waals surface area contributed by atoms with Crippen molar-refractivity contribution in [1.82, 2.24) is 10.2 Å². The van der Waals surface area contributed by atoms with Crippen LogP contribution in [-0.4, -0.2) is 36.3 Å². The summed E-state index contributed by atoms with van der Waals surface area (Å²) in [6.07, 6.45) is 2.05. The zero-order valence-electron chi connectivity index (χ0n) is 14.3. The van der Waals surface area contributed by atoms with Gasteiger partial charge in [0.15, 0.2) is 0 Å². The van der Waals surface area contributed by atoms with Crippen molar-refractivity contribution in [3.8, 4) is 0 Å². The molecule has 0 aliphatic rings. The van der Waals surface area contributed by atoms with E-state index >= 15 is 0 Å².